The first kappa shape index (κ1) is 48.7. The molecule has 58 heavy (non-hydrogen) atoms. The minimum absolute atomic E-state index is 0.0215. The van der Waals surface area contributed by atoms with Gasteiger partial charge in [-0.1, -0.05) is 55.7 Å². The van der Waals surface area contributed by atoms with E-state index in [1.807, 2.05) is 45.4 Å². The molecule has 0 bridgehead atoms. The molecule has 14 nitrogen and oxygen atoms in total. The number of hydrogen-bond donors (Lipinski definition) is 5. The number of hydrogen-bond acceptors (Lipinski definition) is 8. The van der Waals surface area contributed by atoms with Crippen LogP contribution in [0.15, 0.2) is 58.6 Å². The van der Waals surface area contributed by atoms with Crippen molar-refractivity contribution in [3.05, 3.63) is 65.2 Å². The molecule has 0 saturated heterocycles. The summed E-state index contributed by atoms with van der Waals surface area (Å²) in [6, 6.07) is 14.2. The molecule has 0 saturated carbocycles. The average molecular weight is 806 g/mol. The number of halogens is 1. The van der Waals surface area contributed by atoms with E-state index in [9.17, 15) is 28.4 Å². The Kier molecular flexibility index (Phi) is 22.9. The van der Waals surface area contributed by atoms with Crippen LogP contribution in [0.4, 0.5) is 10.1 Å². The van der Waals surface area contributed by atoms with Crippen LogP contribution in [-0.2, 0) is 30.4 Å². The standard InChI is InChI=1S/C43H61FN8O6/c1-6-7-18-42(56)51(48-31-34-19-23-35(24-20-34)37(30-44)45-2)32-41(55)46-28-14-10-11-15-38(52(3,4)5)43(57)47-29-27-33-21-25-36(26-22-33)49-39(53)16-12-8-9-13-17-40(54)50-58/h1,19-26,31,38H,7-18,27-30,32H2,2-5H3,(H4-,45,46,47,48,49,50,53,54,55,57,58)/p+1. The second kappa shape index (κ2) is 27.2. The lowest BCUT2D eigenvalue weighted by atomic mass is 10.0. The fourth-order valence-electron chi connectivity index (χ4n) is 6.00. The van der Waals surface area contributed by atoms with Gasteiger partial charge in [-0.15, -0.1) is 12.3 Å². The zero-order valence-electron chi connectivity index (χ0n) is 34.5. The minimum Gasteiger partial charge on any atom is -0.354 e. The average Bonchev–Trinajstić information content (AvgIpc) is 3.20. The Balaban J connectivity index is 1.74. The van der Waals surface area contributed by atoms with Crippen LogP contribution in [0.25, 0.3) is 0 Å². The Labute approximate surface area is 342 Å². The van der Waals surface area contributed by atoms with Gasteiger partial charge in [-0.25, -0.2) is 14.9 Å². The highest BCUT2D eigenvalue weighted by atomic mass is 19.1. The Morgan fingerprint density at radius 3 is 2.10 bits per heavy atom. The predicted octanol–water partition coefficient (Wildman–Crippen LogP) is 4.55. The molecule has 0 aliphatic heterocycles. The van der Waals surface area contributed by atoms with Crippen LogP contribution in [-0.4, -0.2) is 117 Å². The van der Waals surface area contributed by atoms with Gasteiger partial charge >= 0.3 is 0 Å². The van der Waals surface area contributed by atoms with Gasteiger partial charge in [0.2, 0.25) is 23.6 Å². The molecule has 0 fully saturated rings. The molecule has 0 aliphatic carbocycles. The third kappa shape index (κ3) is 19.6. The summed E-state index contributed by atoms with van der Waals surface area (Å²) in [6.45, 7) is -0.0695. The monoisotopic (exact) mass is 805 g/mol. The smallest absolute Gasteiger partial charge is 0.278 e. The number of quaternary nitrogens is 1. The van der Waals surface area contributed by atoms with Crippen LogP contribution in [0.2, 0.25) is 0 Å². The summed E-state index contributed by atoms with van der Waals surface area (Å²) in [4.78, 5) is 66.1. The van der Waals surface area contributed by atoms with E-state index in [1.54, 1.807) is 29.7 Å². The number of benzene rings is 2. The van der Waals surface area contributed by atoms with E-state index in [1.165, 1.54) is 13.3 Å². The molecular formula is C43H62FN8O6+. The molecule has 15 heteroatoms. The van der Waals surface area contributed by atoms with E-state index in [4.69, 9.17) is 11.6 Å². The number of hydrazone groups is 1. The number of anilines is 1. The zero-order valence-corrected chi connectivity index (χ0v) is 34.5. The van der Waals surface area contributed by atoms with Gasteiger partial charge < -0.3 is 20.4 Å². The molecule has 0 aliphatic rings. The third-order valence-electron chi connectivity index (χ3n) is 9.40. The summed E-state index contributed by atoms with van der Waals surface area (Å²) < 4.78 is 13.6. The van der Waals surface area contributed by atoms with Crippen LogP contribution in [0.1, 0.15) is 93.7 Å². The maximum atomic E-state index is 13.3. The maximum Gasteiger partial charge on any atom is 0.278 e. The van der Waals surface area contributed by atoms with Crippen molar-refractivity contribution >= 4 is 47.1 Å². The number of aliphatic imine (C=N–C) groups is 1. The number of alkyl halides is 1. The normalized spacial score (nSPS) is 12.1. The van der Waals surface area contributed by atoms with Gasteiger partial charge in [0.05, 0.1) is 33.1 Å². The lowest BCUT2D eigenvalue weighted by molar-refractivity contribution is -0.886. The second-order valence-corrected chi connectivity index (χ2v) is 14.9. The topological polar surface area (TPSA) is 182 Å². The van der Waals surface area contributed by atoms with E-state index in [0.29, 0.717) is 78.6 Å². The summed E-state index contributed by atoms with van der Waals surface area (Å²) in [5, 5.41) is 22.7. The molecule has 2 aromatic rings. The van der Waals surface area contributed by atoms with Crippen LogP contribution >= 0.6 is 0 Å². The number of likely N-dealkylation sites (N-methyl/N-ethyl adjacent to an activating group) is 1. The SMILES string of the molecule is C#CCCC(=O)N(CC(=O)NCCCCCC(C(=O)NCCc1ccc(NC(=O)CCCCCCC(=O)NO)cc1)[N+](C)(C)C)N=Cc1ccc(C(CF)=NC)cc1. The largest absolute Gasteiger partial charge is 0.354 e. The zero-order chi connectivity index (χ0) is 42.8. The lowest BCUT2D eigenvalue weighted by Crippen LogP contribution is -2.54. The summed E-state index contributed by atoms with van der Waals surface area (Å²) in [5.74, 6) is 1.20. The van der Waals surface area contributed by atoms with Crippen molar-refractivity contribution in [1.82, 2.24) is 21.1 Å². The number of hydroxylamine groups is 1. The van der Waals surface area contributed by atoms with Crippen LogP contribution in [0.5, 0.6) is 0 Å². The van der Waals surface area contributed by atoms with Gasteiger partial charge in [0, 0.05) is 57.9 Å². The first-order valence-electron chi connectivity index (χ1n) is 19.9. The van der Waals surface area contributed by atoms with Gasteiger partial charge in [0.1, 0.15) is 13.2 Å². The van der Waals surface area contributed by atoms with Gasteiger partial charge in [-0.05, 0) is 60.9 Å². The number of nitrogens with zero attached hydrogens (tertiary/aromatic N) is 4. The molecule has 1 unspecified atom stereocenters. The Morgan fingerprint density at radius 2 is 1.50 bits per heavy atom. The van der Waals surface area contributed by atoms with Crippen molar-refractivity contribution in [2.45, 2.75) is 89.5 Å². The maximum absolute atomic E-state index is 13.3. The minimum atomic E-state index is -0.683. The molecule has 2 rings (SSSR count). The van der Waals surface area contributed by atoms with Gasteiger partial charge in [-0.2, -0.15) is 5.10 Å². The quantitative estimate of drug-likeness (QED) is 0.0221. The van der Waals surface area contributed by atoms with E-state index < -0.39 is 12.6 Å². The van der Waals surface area contributed by atoms with Gasteiger partial charge in [0.25, 0.3) is 5.91 Å². The van der Waals surface area contributed by atoms with E-state index in [0.717, 1.165) is 36.3 Å². The summed E-state index contributed by atoms with van der Waals surface area (Å²) in [6.07, 6.45) is 14.3. The number of carbonyl (C=O) groups is 5. The molecule has 1 atom stereocenters. The number of nitrogens with one attached hydrogen (secondary N) is 4. The number of terminal acetylenes is 1. The predicted molar refractivity (Wildman–Crippen MR) is 225 cm³/mol. The summed E-state index contributed by atoms with van der Waals surface area (Å²) in [5.41, 5.74) is 4.98. The molecule has 2 aromatic carbocycles. The van der Waals surface area contributed by atoms with Crippen LogP contribution in [0, 0.1) is 12.3 Å². The van der Waals surface area contributed by atoms with Gasteiger partial charge in [-0.3, -0.25) is 34.2 Å². The highest BCUT2D eigenvalue weighted by Crippen LogP contribution is 2.15. The number of rotatable bonds is 27. The molecule has 316 valence electrons. The van der Waals surface area contributed by atoms with Crippen molar-refractivity contribution in [1.29, 1.82) is 0 Å². The fourth-order valence-corrected chi connectivity index (χ4v) is 6.00. The lowest BCUT2D eigenvalue weighted by Gasteiger charge is -2.33. The summed E-state index contributed by atoms with van der Waals surface area (Å²) in [7, 11) is 7.51. The molecule has 0 aromatic heterocycles. The molecular weight excluding hydrogens is 744 g/mol. The Hall–Kier alpha value is -5.46. The fraction of sp³-hybridized carbons (Fsp3) is 0.512. The Morgan fingerprint density at radius 1 is 0.845 bits per heavy atom. The molecule has 0 heterocycles. The van der Waals surface area contributed by atoms with E-state index in [-0.39, 0.29) is 55.5 Å². The molecule has 5 N–H and O–H groups in total. The first-order valence-corrected chi connectivity index (χ1v) is 19.9. The number of amides is 5. The van der Waals surface area contributed by atoms with Crippen molar-refractivity contribution in [3.63, 3.8) is 0 Å². The molecule has 0 radical (unpaired) electrons. The van der Waals surface area contributed by atoms with Gasteiger partial charge in [0.15, 0.2) is 6.04 Å². The summed E-state index contributed by atoms with van der Waals surface area (Å²) >= 11 is 0. The first-order chi connectivity index (χ1) is 27.8. The van der Waals surface area contributed by atoms with Crippen molar-refractivity contribution < 1.29 is 38.1 Å². The number of carbonyl (C=O) groups excluding carboxylic acids is 5. The third-order valence-corrected chi connectivity index (χ3v) is 9.40. The van der Waals surface area contributed by atoms with Crippen LogP contribution in [0.3, 0.4) is 0 Å². The second-order valence-electron chi connectivity index (χ2n) is 14.9. The van der Waals surface area contributed by atoms with E-state index >= 15 is 0 Å². The number of unbranched alkanes of at least 4 members (excludes halogenated alkanes) is 5. The molecule has 5 amide bonds. The highest BCUT2D eigenvalue weighted by Gasteiger charge is 2.30. The highest BCUT2D eigenvalue weighted by molar-refractivity contribution is 6.02. The van der Waals surface area contributed by atoms with Crippen molar-refractivity contribution in [2.75, 3.05) is 59.8 Å². The van der Waals surface area contributed by atoms with E-state index in [2.05, 4.69) is 32.0 Å². The van der Waals surface area contributed by atoms with Crippen molar-refractivity contribution in [3.8, 4) is 12.3 Å². The Bertz CT molecular complexity index is 1700. The molecule has 0 spiro atoms. The van der Waals surface area contributed by atoms with Crippen LogP contribution < -0.4 is 21.4 Å². The van der Waals surface area contributed by atoms with Crippen molar-refractivity contribution in [2.24, 2.45) is 10.1 Å².